The van der Waals surface area contributed by atoms with E-state index in [1.807, 2.05) is 0 Å². The van der Waals surface area contributed by atoms with Crippen LogP contribution in [-0.2, 0) is 27.9 Å². The summed E-state index contributed by atoms with van der Waals surface area (Å²) < 4.78 is 36.3. The maximum atomic E-state index is 13.1. The molecule has 2 fully saturated rings. The van der Waals surface area contributed by atoms with E-state index in [9.17, 15) is 18.9 Å². The van der Waals surface area contributed by atoms with Crippen LogP contribution in [0.2, 0.25) is 0 Å². The SMILES string of the molecule is C#C[C@]1(C)C2O[P@@](=O)(NC(C)C(=O)OC(C)C)OC[C@H]2O[C@H]1n1ccc(=O)[nH]c1=O. The van der Waals surface area contributed by atoms with Gasteiger partial charge in [0.1, 0.15) is 23.7 Å². The summed E-state index contributed by atoms with van der Waals surface area (Å²) in [5.41, 5.74) is -2.50. The number of aromatic amines is 1. The Morgan fingerprint density at radius 2 is 2.17 bits per heavy atom. The summed E-state index contributed by atoms with van der Waals surface area (Å²) in [5.74, 6) is 1.96. The molecule has 11 nitrogen and oxygen atoms in total. The molecule has 12 heteroatoms. The molecule has 1 aromatic heterocycles. The highest BCUT2D eigenvalue weighted by Crippen LogP contribution is 2.58. The van der Waals surface area contributed by atoms with Crippen molar-refractivity contribution >= 4 is 13.7 Å². The number of rotatable bonds is 5. The third kappa shape index (κ3) is 4.15. The average Bonchev–Trinajstić information content (AvgIpc) is 2.93. The van der Waals surface area contributed by atoms with E-state index in [2.05, 4.69) is 16.0 Å². The van der Waals surface area contributed by atoms with E-state index in [0.717, 1.165) is 10.6 Å². The maximum Gasteiger partial charge on any atom is 0.406 e. The number of aromatic nitrogens is 2. The molecule has 0 aliphatic carbocycles. The average molecular weight is 441 g/mol. The monoisotopic (exact) mass is 441 g/mol. The summed E-state index contributed by atoms with van der Waals surface area (Å²) in [4.78, 5) is 37.8. The van der Waals surface area contributed by atoms with Gasteiger partial charge in [-0.25, -0.2) is 14.4 Å². The van der Waals surface area contributed by atoms with Crippen LogP contribution in [0.15, 0.2) is 21.9 Å². The number of terminal acetylenes is 1. The standard InChI is InChI=1S/C18H24N3O8P/c1-6-18(5)14-12(28-16(18)21-8-7-13(22)19-17(21)24)9-26-30(25,29-14)20-11(4)15(23)27-10(2)3/h1,7-8,10-12,14,16H,9H2,2-5H3,(H,20,25)(H,19,22,24)/t11?,12-,14?,16-,18-,30-/m1/s1. The van der Waals surface area contributed by atoms with Crippen LogP contribution in [0.4, 0.5) is 0 Å². The highest BCUT2D eigenvalue weighted by molar-refractivity contribution is 7.51. The maximum absolute atomic E-state index is 13.1. The predicted octanol–water partition coefficient (Wildman–Crippen LogP) is 0.527. The van der Waals surface area contributed by atoms with Crippen molar-refractivity contribution in [3.05, 3.63) is 33.1 Å². The number of nitrogens with zero attached hydrogens (tertiary/aromatic N) is 1. The lowest BCUT2D eigenvalue weighted by Gasteiger charge is -2.36. The molecule has 2 N–H and O–H groups in total. The Kier molecular flexibility index (Phi) is 6.09. The fourth-order valence-electron chi connectivity index (χ4n) is 3.37. The van der Waals surface area contributed by atoms with E-state index in [0.29, 0.717) is 0 Å². The summed E-state index contributed by atoms with van der Waals surface area (Å²) in [6.07, 6.45) is 4.04. The van der Waals surface area contributed by atoms with Gasteiger partial charge in [-0.3, -0.25) is 28.2 Å². The van der Waals surface area contributed by atoms with Crippen LogP contribution in [0.3, 0.4) is 0 Å². The van der Waals surface area contributed by atoms with Crippen molar-refractivity contribution in [3.63, 3.8) is 0 Å². The summed E-state index contributed by atoms with van der Waals surface area (Å²) in [7, 11) is -3.94. The second-order valence-electron chi connectivity index (χ2n) is 7.63. The number of carbonyl (C=O) groups excluding carboxylic acids is 1. The van der Waals surface area contributed by atoms with E-state index in [1.54, 1.807) is 20.8 Å². The summed E-state index contributed by atoms with van der Waals surface area (Å²) in [6.45, 7) is 6.33. The first-order valence-electron chi connectivity index (χ1n) is 9.35. The normalized spacial score (nSPS) is 34.2. The van der Waals surface area contributed by atoms with Crippen molar-refractivity contribution in [1.82, 2.24) is 14.6 Å². The van der Waals surface area contributed by atoms with Crippen molar-refractivity contribution < 1.29 is 27.9 Å². The Bertz CT molecular complexity index is 1030. The molecule has 2 aliphatic rings. The second kappa shape index (κ2) is 8.13. The van der Waals surface area contributed by atoms with Crippen LogP contribution in [0.1, 0.15) is 33.9 Å². The Morgan fingerprint density at radius 3 is 2.77 bits per heavy atom. The Labute approximate surface area is 172 Å². The zero-order chi connectivity index (χ0) is 22.3. The zero-order valence-electron chi connectivity index (χ0n) is 17.0. The fraction of sp³-hybridized carbons (Fsp3) is 0.611. The van der Waals surface area contributed by atoms with Crippen LogP contribution in [-0.4, -0.2) is 46.5 Å². The first-order chi connectivity index (χ1) is 14.0. The molecule has 0 radical (unpaired) electrons. The first kappa shape index (κ1) is 22.5. The number of hydrogen-bond acceptors (Lipinski definition) is 8. The van der Waals surface area contributed by atoms with Gasteiger partial charge in [0, 0.05) is 12.3 Å². The van der Waals surface area contributed by atoms with Gasteiger partial charge in [-0.05, 0) is 27.7 Å². The van der Waals surface area contributed by atoms with Gasteiger partial charge >= 0.3 is 19.4 Å². The van der Waals surface area contributed by atoms with Gasteiger partial charge in [0.15, 0.2) is 6.23 Å². The topological polar surface area (TPSA) is 138 Å². The number of fused-ring (bicyclic) bond motifs is 1. The summed E-state index contributed by atoms with van der Waals surface area (Å²) in [6, 6.07) is 0.196. The number of esters is 1. The minimum absolute atomic E-state index is 0.146. The minimum atomic E-state index is -3.94. The molecule has 0 bridgehead atoms. The zero-order valence-corrected chi connectivity index (χ0v) is 17.9. The lowest BCUT2D eigenvalue weighted by molar-refractivity contribution is -0.149. The minimum Gasteiger partial charge on any atom is -0.462 e. The van der Waals surface area contributed by atoms with Crippen LogP contribution in [0.5, 0.6) is 0 Å². The lowest BCUT2D eigenvalue weighted by atomic mass is 9.83. The van der Waals surface area contributed by atoms with Crippen molar-refractivity contribution in [2.24, 2.45) is 5.41 Å². The number of nitrogens with one attached hydrogen (secondary N) is 2. The smallest absolute Gasteiger partial charge is 0.406 e. The first-order valence-corrected chi connectivity index (χ1v) is 10.9. The van der Waals surface area contributed by atoms with Crippen molar-refractivity contribution in [2.75, 3.05) is 6.61 Å². The van der Waals surface area contributed by atoms with Crippen molar-refractivity contribution in [3.8, 4) is 12.3 Å². The van der Waals surface area contributed by atoms with Gasteiger partial charge in [-0.15, -0.1) is 6.42 Å². The molecule has 0 amide bonds. The Hall–Kier alpha value is -2.22. The van der Waals surface area contributed by atoms with E-state index >= 15 is 0 Å². The molecule has 3 rings (SSSR count). The number of hydrogen-bond donors (Lipinski definition) is 2. The third-order valence-corrected chi connectivity index (χ3v) is 6.58. The van der Waals surface area contributed by atoms with Gasteiger partial charge in [0.05, 0.1) is 12.7 Å². The lowest BCUT2D eigenvalue weighted by Crippen LogP contribution is -2.46. The van der Waals surface area contributed by atoms with E-state index < -0.39 is 54.9 Å². The third-order valence-electron chi connectivity index (χ3n) is 4.88. The van der Waals surface area contributed by atoms with Crippen LogP contribution in [0.25, 0.3) is 0 Å². The molecule has 2 unspecified atom stereocenters. The molecule has 0 saturated carbocycles. The molecule has 164 valence electrons. The summed E-state index contributed by atoms with van der Waals surface area (Å²) >= 11 is 0. The largest absolute Gasteiger partial charge is 0.462 e. The van der Waals surface area contributed by atoms with Crippen LogP contribution < -0.4 is 16.3 Å². The molecule has 2 saturated heterocycles. The van der Waals surface area contributed by atoms with Gasteiger partial charge in [-0.2, -0.15) is 0 Å². The van der Waals surface area contributed by atoms with E-state index in [4.69, 9.17) is 24.9 Å². The van der Waals surface area contributed by atoms with Crippen LogP contribution in [0, 0.1) is 17.8 Å². The molecule has 6 atom stereocenters. The molecular formula is C18H24N3O8P. The van der Waals surface area contributed by atoms with Gasteiger partial charge in [0.2, 0.25) is 0 Å². The molecule has 30 heavy (non-hydrogen) atoms. The molecule has 2 aliphatic heterocycles. The van der Waals surface area contributed by atoms with Crippen LogP contribution >= 0.6 is 7.75 Å². The molecule has 3 heterocycles. The van der Waals surface area contributed by atoms with Crippen molar-refractivity contribution in [1.29, 1.82) is 0 Å². The van der Waals surface area contributed by atoms with Gasteiger partial charge in [0.25, 0.3) is 5.56 Å². The highest BCUT2D eigenvalue weighted by atomic mass is 31.2. The molecular weight excluding hydrogens is 417 g/mol. The van der Waals surface area contributed by atoms with E-state index in [1.165, 1.54) is 13.1 Å². The fourth-order valence-corrected chi connectivity index (χ4v) is 5.15. The Balaban J connectivity index is 1.84. The number of H-pyrrole nitrogens is 1. The van der Waals surface area contributed by atoms with Gasteiger partial charge in [-0.1, -0.05) is 5.92 Å². The molecule has 0 aromatic carbocycles. The Morgan fingerprint density at radius 1 is 1.47 bits per heavy atom. The van der Waals surface area contributed by atoms with Crippen molar-refractivity contribution in [2.45, 2.75) is 58.3 Å². The molecule has 0 spiro atoms. The molecule has 1 aromatic rings. The quantitative estimate of drug-likeness (QED) is 0.381. The van der Waals surface area contributed by atoms with E-state index in [-0.39, 0.29) is 12.7 Å². The second-order valence-corrected chi connectivity index (χ2v) is 9.35. The highest BCUT2D eigenvalue weighted by Gasteiger charge is 2.60. The summed E-state index contributed by atoms with van der Waals surface area (Å²) in [5, 5.41) is 2.54. The number of carbonyl (C=O) groups is 1. The predicted molar refractivity (Wildman–Crippen MR) is 104 cm³/mol. The number of ether oxygens (including phenoxy) is 2. The van der Waals surface area contributed by atoms with Gasteiger partial charge < -0.3 is 9.47 Å².